The van der Waals surface area contributed by atoms with Gasteiger partial charge in [-0.25, -0.2) is 4.98 Å². The number of hydrogen-bond acceptors (Lipinski definition) is 4. The van der Waals surface area contributed by atoms with Crippen LogP contribution in [0.5, 0.6) is 5.88 Å². The van der Waals surface area contributed by atoms with Crippen LogP contribution in [0.25, 0.3) is 0 Å². The number of rotatable bonds is 4. The molecular weight excluding hydrogens is 204 g/mol. The lowest BCUT2D eigenvalue weighted by atomic mass is 10.2. The highest BCUT2D eigenvalue weighted by Gasteiger charge is 2.00. The molecule has 0 saturated heterocycles. The van der Waals surface area contributed by atoms with Crippen molar-refractivity contribution in [3.8, 4) is 5.88 Å². The van der Waals surface area contributed by atoms with E-state index in [4.69, 9.17) is 4.74 Å². The van der Waals surface area contributed by atoms with Crippen molar-refractivity contribution in [1.29, 1.82) is 0 Å². The van der Waals surface area contributed by atoms with E-state index in [9.17, 15) is 0 Å². The Bertz CT molecular complexity index is 467. The Hall–Kier alpha value is -2.04. The van der Waals surface area contributed by atoms with E-state index in [0.29, 0.717) is 12.4 Å². The van der Waals surface area contributed by atoms with E-state index in [-0.39, 0.29) is 0 Å². The number of methoxy groups -OCH3 is 1. The normalized spacial score (nSPS) is 10.1. The molecule has 0 atom stereocenters. The topological polar surface area (TPSA) is 52.0 Å². The van der Waals surface area contributed by atoms with E-state index in [2.05, 4.69) is 15.4 Å². The second-order valence-electron chi connectivity index (χ2n) is 3.38. The highest BCUT2D eigenvalue weighted by molar-refractivity contribution is 5.37. The molecule has 16 heavy (non-hydrogen) atoms. The van der Waals surface area contributed by atoms with Crippen LogP contribution in [0.2, 0.25) is 0 Å². The van der Waals surface area contributed by atoms with Crippen molar-refractivity contribution in [2.24, 2.45) is 0 Å². The molecule has 0 saturated carbocycles. The van der Waals surface area contributed by atoms with Gasteiger partial charge in [0, 0.05) is 25.5 Å². The first-order valence-electron chi connectivity index (χ1n) is 5.01. The molecule has 84 valence electrons. The lowest BCUT2D eigenvalue weighted by Gasteiger charge is -2.03. The third-order valence-electron chi connectivity index (χ3n) is 2.27. The molecular formula is C11H14N4O. The Kier molecular flexibility index (Phi) is 3.05. The van der Waals surface area contributed by atoms with Crippen molar-refractivity contribution < 1.29 is 4.74 Å². The van der Waals surface area contributed by atoms with E-state index < -0.39 is 0 Å². The third-order valence-corrected chi connectivity index (χ3v) is 2.27. The zero-order valence-electron chi connectivity index (χ0n) is 9.34. The zero-order valence-corrected chi connectivity index (χ0v) is 9.34. The molecule has 0 aliphatic rings. The van der Waals surface area contributed by atoms with Crippen LogP contribution >= 0.6 is 0 Å². The van der Waals surface area contributed by atoms with Crippen molar-refractivity contribution in [3.63, 3.8) is 0 Å². The number of nitrogens with zero attached hydrogens (tertiary/aromatic N) is 3. The first-order valence-corrected chi connectivity index (χ1v) is 5.01. The van der Waals surface area contributed by atoms with Gasteiger partial charge in [0.1, 0.15) is 0 Å². The molecule has 0 amide bonds. The molecule has 0 radical (unpaired) electrons. The minimum Gasteiger partial charge on any atom is -0.481 e. The van der Waals surface area contributed by atoms with Gasteiger partial charge in [0.15, 0.2) is 0 Å². The number of ether oxygens (including phenoxy) is 1. The molecule has 0 unspecified atom stereocenters. The van der Waals surface area contributed by atoms with Gasteiger partial charge in [-0.2, -0.15) is 5.10 Å². The molecule has 0 bridgehead atoms. The van der Waals surface area contributed by atoms with Gasteiger partial charge < -0.3 is 10.1 Å². The lowest BCUT2D eigenvalue weighted by Crippen LogP contribution is -2.00. The minimum atomic E-state index is 0.624. The SMILES string of the molecule is CNc1cnn(Cc2ccnc(OC)c2)c1. The van der Waals surface area contributed by atoms with Crippen LogP contribution in [0.4, 0.5) is 5.69 Å². The van der Waals surface area contributed by atoms with Gasteiger partial charge in [-0.1, -0.05) is 0 Å². The van der Waals surface area contributed by atoms with Gasteiger partial charge in [-0.05, 0) is 11.6 Å². The summed E-state index contributed by atoms with van der Waals surface area (Å²) in [7, 11) is 3.48. The summed E-state index contributed by atoms with van der Waals surface area (Å²) < 4.78 is 6.93. The molecule has 5 heteroatoms. The molecule has 0 spiro atoms. The maximum atomic E-state index is 5.07. The molecule has 2 rings (SSSR count). The average molecular weight is 218 g/mol. The Morgan fingerprint density at radius 3 is 3.06 bits per heavy atom. The molecule has 0 aromatic carbocycles. The third kappa shape index (κ3) is 2.31. The van der Waals surface area contributed by atoms with E-state index in [1.807, 2.05) is 30.1 Å². The van der Waals surface area contributed by atoms with Gasteiger partial charge in [0.25, 0.3) is 0 Å². The Morgan fingerprint density at radius 2 is 2.38 bits per heavy atom. The predicted molar refractivity (Wildman–Crippen MR) is 61.7 cm³/mol. The van der Waals surface area contributed by atoms with Gasteiger partial charge in [-0.3, -0.25) is 4.68 Å². The molecule has 2 aromatic heterocycles. The standard InChI is InChI=1S/C11H14N4O/c1-12-10-6-14-15(8-10)7-9-3-4-13-11(5-9)16-2/h3-6,8,12H,7H2,1-2H3. The van der Waals surface area contributed by atoms with Crippen molar-refractivity contribution in [2.75, 3.05) is 19.5 Å². The first kappa shape index (κ1) is 10.5. The summed E-state index contributed by atoms with van der Waals surface area (Å²) in [6.07, 6.45) is 5.47. The molecule has 2 aromatic rings. The van der Waals surface area contributed by atoms with Crippen LogP contribution in [0.3, 0.4) is 0 Å². The summed E-state index contributed by atoms with van der Waals surface area (Å²) in [5, 5.41) is 7.27. The summed E-state index contributed by atoms with van der Waals surface area (Å²) in [5.74, 6) is 0.624. The van der Waals surface area contributed by atoms with E-state index >= 15 is 0 Å². The fourth-order valence-electron chi connectivity index (χ4n) is 1.43. The molecule has 0 aliphatic carbocycles. The smallest absolute Gasteiger partial charge is 0.213 e. The Labute approximate surface area is 94.1 Å². The summed E-state index contributed by atoms with van der Waals surface area (Å²) in [6, 6.07) is 3.85. The average Bonchev–Trinajstić information content (AvgIpc) is 2.77. The zero-order chi connectivity index (χ0) is 11.4. The second-order valence-corrected chi connectivity index (χ2v) is 3.38. The van der Waals surface area contributed by atoms with Crippen LogP contribution in [0.1, 0.15) is 5.56 Å². The molecule has 0 fully saturated rings. The number of anilines is 1. The van der Waals surface area contributed by atoms with E-state index in [1.165, 1.54) is 0 Å². The lowest BCUT2D eigenvalue weighted by molar-refractivity contribution is 0.397. The molecule has 0 aliphatic heterocycles. The number of nitrogens with one attached hydrogen (secondary N) is 1. The largest absolute Gasteiger partial charge is 0.481 e. The fraction of sp³-hybridized carbons (Fsp3) is 0.273. The molecule has 5 nitrogen and oxygen atoms in total. The molecule has 1 N–H and O–H groups in total. The maximum absolute atomic E-state index is 5.07. The van der Waals surface area contributed by atoms with E-state index in [0.717, 1.165) is 11.3 Å². The van der Waals surface area contributed by atoms with Gasteiger partial charge in [-0.15, -0.1) is 0 Å². The summed E-state index contributed by atoms with van der Waals surface area (Å²) in [4.78, 5) is 4.06. The quantitative estimate of drug-likeness (QED) is 0.842. The highest BCUT2D eigenvalue weighted by Crippen LogP contribution is 2.11. The minimum absolute atomic E-state index is 0.624. The fourth-order valence-corrected chi connectivity index (χ4v) is 1.43. The second kappa shape index (κ2) is 4.65. The van der Waals surface area contributed by atoms with Crippen molar-refractivity contribution in [3.05, 3.63) is 36.3 Å². The van der Waals surface area contributed by atoms with Crippen LogP contribution in [0.15, 0.2) is 30.7 Å². The highest BCUT2D eigenvalue weighted by atomic mass is 16.5. The summed E-state index contributed by atoms with van der Waals surface area (Å²) in [5.41, 5.74) is 2.11. The Balaban J connectivity index is 2.13. The van der Waals surface area contributed by atoms with Gasteiger partial charge in [0.05, 0.1) is 25.5 Å². The Morgan fingerprint density at radius 1 is 1.50 bits per heavy atom. The maximum Gasteiger partial charge on any atom is 0.213 e. The van der Waals surface area contributed by atoms with Crippen molar-refractivity contribution in [1.82, 2.24) is 14.8 Å². The van der Waals surface area contributed by atoms with Gasteiger partial charge >= 0.3 is 0 Å². The number of pyridine rings is 1. The van der Waals surface area contributed by atoms with Crippen LogP contribution in [-0.2, 0) is 6.54 Å². The summed E-state index contributed by atoms with van der Waals surface area (Å²) >= 11 is 0. The van der Waals surface area contributed by atoms with Crippen LogP contribution in [0, 0.1) is 0 Å². The number of aromatic nitrogens is 3. The van der Waals surface area contributed by atoms with Crippen LogP contribution in [-0.4, -0.2) is 28.9 Å². The first-order chi connectivity index (χ1) is 7.81. The molecule has 2 heterocycles. The van der Waals surface area contributed by atoms with E-state index in [1.54, 1.807) is 19.5 Å². The van der Waals surface area contributed by atoms with Crippen molar-refractivity contribution in [2.45, 2.75) is 6.54 Å². The van der Waals surface area contributed by atoms with Crippen molar-refractivity contribution >= 4 is 5.69 Å². The monoisotopic (exact) mass is 218 g/mol. The number of hydrogen-bond donors (Lipinski definition) is 1. The van der Waals surface area contributed by atoms with Crippen LogP contribution < -0.4 is 10.1 Å². The predicted octanol–water partition coefficient (Wildman–Crippen LogP) is 1.38. The summed E-state index contributed by atoms with van der Waals surface area (Å²) in [6.45, 7) is 0.709. The van der Waals surface area contributed by atoms with Gasteiger partial charge in [0.2, 0.25) is 5.88 Å².